The van der Waals surface area contributed by atoms with E-state index in [2.05, 4.69) is 5.32 Å². The van der Waals surface area contributed by atoms with E-state index in [-0.39, 0.29) is 12.2 Å². The number of nitrogens with zero attached hydrogens (tertiary/aromatic N) is 2. The van der Waals surface area contributed by atoms with Crippen LogP contribution in [0.1, 0.15) is 32.0 Å². The monoisotopic (exact) mass is 491 g/mol. The van der Waals surface area contributed by atoms with Crippen molar-refractivity contribution in [1.29, 1.82) is 0 Å². The third-order valence-corrected chi connectivity index (χ3v) is 5.95. The van der Waals surface area contributed by atoms with Crippen molar-refractivity contribution in [3.63, 3.8) is 0 Å². The number of nitrogens with one attached hydrogen (secondary N) is 1. The van der Waals surface area contributed by atoms with E-state index < -0.39 is 58.1 Å². The first-order valence-corrected chi connectivity index (χ1v) is 10.4. The summed E-state index contributed by atoms with van der Waals surface area (Å²) in [6, 6.07) is 5.93. The predicted octanol–water partition coefficient (Wildman–Crippen LogP) is 3.39. The van der Waals surface area contributed by atoms with Crippen LogP contribution in [-0.2, 0) is 19.5 Å². The maximum Gasteiger partial charge on any atom is 0.278 e. The molecule has 2 heterocycles. The van der Waals surface area contributed by atoms with Crippen molar-refractivity contribution in [2.24, 2.45) is 0 Å². The van der Waals surface area contributed by atoms with Crippen LogP contribution in [0.2, 0.25) is 5.02 Å². The number of carbonyl (C=O) groups is 2. The Hall–Kier alpha value is -3.79. The number of aromatic hydroxyl groups is 1. The highest BCUT2D eigenvalue weighted by atomic mass is 35.5. The van der Waals surface area contributed by atoms with Gasteiger partial charge in [0.15, 0.2) is 11.4 Å². The van der Waals surface area contributed by atoms with Crippen LogP contribution in [0.25, 0.3) is 0 Å². The van der Waals surface area contributed by atoms with Crippen molar-refractivity contribution in [2.45, 2.75) is 19.5 Å². The smallest absolute Gasteiger partial charge is 0.278 e. The summed E-state index contributed by atoms with van der Waals surface area (Å²) in [5, 5.41) is 13.1. The highest BCUT2D eigenvalue weighted by molar-refractivity contribution is 6.32. The Labute approximate surface area is 196 Å². The number of benzene rings is 2. The Morgan fingerprint density at radius 2 is 1.85 bits per heavy atom. The van der Waals surface area contributed by atoms with E-state index in [1.54, 1.807) is 18.2 Å². The number of aryl methyl sites for hydroxylation is 1. The minimum absolute atomic E-state index is 0.0982. The molecule has 11 heteroatoms. The van der Waals surface area contributed by atoms with E-state index in [1.165, 1.54) is 16.5 Å². The number of carbonyl (C=O) groups excluding carboxylic acids is 2. The lowest BCUT2D eigenvalue weighted by Gasteiger charge is -2.27. The lowest BCUT2D eigenvalue weighted by atomic mass is 10.0. The van der Waals surface area contributed by atoms with Crippen molar-refractivity contribution in [3.05, 3.63) is 91.6 Å². The van der Waals surface area contributed by atoms with Gasteiger partial charge in [0, 0.05) is 54.7 Å². The molecule has 176 valence electrons. The van der Waals surface area contributed by atoms with Crippen LogP contribution in [0, 0.1) is 17.5 Å². The van der Waals surface area contributed by atoms with Gasteiger partial charge in [0.25, 0.3) is 11.8 Å². The molecule has 0 atom stereocenters. The van der Waals surface area contributed by atoms with Crippen LogP contribution in [0.4, 0.5) is 18.9 Å². The predicted molar refractivity (Wildman–Crippen MR) is 118 cm³/mol. The van der Waals surface area contributed by atoms with Gasteiger partial charge in [-0.1, -0.05) is 17.7 Å². The fourth-order valence-electron chi connectivity index (χ4n) is 3.83. The molecule has 3 aromatic rings. The van der Waals surface area contributed by atoms with E-state index in [0.29, 0.717) is 34.8 Å². The number of amides is 2. The molecule has 0 aliphatic carbocycles. The fraction of sp³-hybridized carbons (Fsp3) is 0.174. The number of rotatable bonds is 3. The number of fused-ring (bicyclic) bond motifs is 2. The third kappa shape index (κ3) is 4.01. The summed E-state index contributed by atoms with van der Waals surface area (Å²) in [5.74, 6) is -6.21. The number of hydrogen-bond acceptors (Lipinski definition) is 4. The molecule has 2 aromatic carbocycles. The van der Waals surface area contributed by atoms with Gasteiger partial charge in [-0.25, -0.2) is 13.2 Å². The van der Waals surface area contributed by atoms with Gasteiger partial charge in [-0.3, -0.25) is 14.4 Å². The lowest BCUT2D eigenvalue weighted by Crippen LogP contribution is -2.36. The summed E-state index contributed by atoms with van der Waals surface area (Å²) in [6.45, 7) is -0.579. The van der Waals surface area contributed by atoms with Gasteiger partial charge in [0.05, 0.1) is 0 Å². The Morgan fingerprint density at radius 3 is 2.53 bits per heavy atom. The zero-order chi connectivity index (χ0) is 24.7. The average molecular weight is 492 g/mol. The van der Waals surface area contributed by atoms with Crippen LogP contribution in [0.5, 0.6) is 5.75 Å². The second-order valence-electron chi connectivity index (χ2n) is 7.64. The van der Waals surface area contributed by atoms with Gasteiger partial charge in [0.1, 0.15) is 23.0 Å². The van der Waals surface area contributed by atoms with E-state index in [4.69, 9.17) is 11.6 Å². The maximum absolute atomic E-state index is 13.9. The minimum atomic E-state index is -1.21. The standard InChI is InChI=1S/C23H17ClF3N3O4/c1-29-18-4-2-3-15(24)12(18)5-6-30-10-14(20(31)21(32)19(30)23(29)34)22(33)28-9-13-16(26)7-11(25)8-17(13)27/h2-4,7-8,10,32H,5-6,9H2,1H3,(H,28,33). The zero-order valence-corrected chi connectivity index (χ0v) is 18.4. The van der Waals surface area contributed by atoms with Gasteiger partial charge < -0.3 is 19.9 Å². The van der Waals surface area contributed by atoms with E-state index in [9.17, 15) is 32.7 Å². The molecule has 0 fully saturated rings. The molecule has 1 aromatic heterocycles. The van der Waals surface area contributed by atoms with Crippen molar-refractivity contribution >= 4 is 29.1 Å². The van der Waals surface area contributed by atoms with Crippen LogP contribution < -0.4 is 15.6 Å². The van der Waals surface area contributed by atoms with Crippen molar-refractivity contribution < 1.29 is 27.9 Å². The first kappa shape index (κ1) is 23.4. The van der Waals surface area contributed by atoms with Crippen LogP contribution in [0.15, 0.2) is 41.3 Å². The molecule has 0 saturated heterocycles. The maximum atomic E-state index is 13.9. The summed E-state index contributed by atoms with van der Waals surface area (Å²) in [6.07, 6.45) is 1.41. The molecule has 7 nitrogen and oxygen atoms in total. The van der Waals surface area contributed by atoms with Gasteiger partial charge >= 0.3 is 0 Å². The van der Waals surface area contributed by atoms with E-state index in [1.807, 2.05) is 0 Å². The van der Waals surface area contributed by atoms with Crippen LogP contribution in [-0.4, -0.2) is 28.5 Å². The SMILES string of the molecule is CN1C(=O)c2c(O)c(=O)c(C(=O)NCc3c(F)cc(F)cc3F)cn2CCc2c(Cl)cccc21. The Balaban J connectivity index is 1.70. The molecule has 1 aliphatic rings. The minimum Gasteiger partial charge on any atom is -0.503 e. The number of hydrogen-bond donors (Lipinski definition) is 2. The summed E-state index contributed by atoms with van der Waals surface area (Å²) >= 11 is 6.29. The molecule has 1 aliphatic heterocycles. The van der Waals surface area contributed by atoms with Gasteiger partial charge in [-0.2, -0.15) is 0 Å². The highest BCUT2D eigenvalue weighted by Gasteiger charge is 2.29. The third-order valence-electron chi connectivity index (χ3n) is 5.60. The van der Waals surface area contributed by atoms with Gasteiger partial charge in [0.2, 0.25) is 5.43 Å². The summed E-state index contributed by atoms with van der Waals surface area (Å²) in [4.78, 5) is 39.7. The summed E-state index contributed by atoms with van der Waals surface area (Å²) < 4.78 is 42.1. The molecule has 0 spiro atoms. The molecular formula is C23H17ClF3N3O4. The molecule has 0 unspecified atom stereocenters. The van der Waals surface area contributed by atoms with Crippen molar-refractivity contribution in [2.75, 3.05) is 11.9 Å². The first-order valence-electron chi connectivity index (χ1n) is 10.0. The van der Waals surface area contributed by atoms with Crippen LogP contribution >= 0.6 is 11.6 Å². The largest absolute Gasteiger partial charge is 0.503 e. The number of aromatic nitrogens is 1. The second-order valence-corrected chi connectivity index (χ2v) is 8.05. The normalized spacial score (nSPS) is 13.1. The molecule has 4 rings (SSSR count). The summed E-state index contributed by atoms with van der Waals surface area (Å²) in [7, 11) is 1.46. The first-order chi connectivity index (χ1) is 16.1. The van der Waals surface area contributed by atoms with E-state index >= 15 is 0 Å². The topological polar surface area (TPSA) is 91.6 Å². The van der Waals surface area contributed by atoms with Gasteiger partial charge in [-0.15, -0.1) is 0 Å². The molecule has 0 saturated carbocycles. The Kier molecular flexibility index (Phi) is 6.09. The molecule has 0 radical (unpaired) electrons. The quantitative estimate of drug-likeness (QED) is 0.587. The number of pyridine rings is 1. The molecule has 2 amide bonds. The lowest BCUT2D eigenvalue weighted by molar-refractivity contribution is 0.0940. The average Bonchev–Trinajstić information content (AvgIpc) is 2.77. The van der Waals surface area contributed by atoms with Crippen LogP contribution in [0.3, 0.4) is 0 Å². The second kappa shape index (κ2) is 8.86. The molecular weight excluding hydrogens is 475 g/mol. The molecule has 34 heavy (non-hydrogen) atoms. The number of halogens is 4. The van der Waals surface area contributed by atoms with E-state index in [0.717, 1.165) is 6.20 Å². The summed E-state index contributed by atoms with van der Waals surface area (Å²) in [5.41, 5.74) is -1.41. The molecule has 2 N–H and O–H groups in total. The number of anilines is 1. The van der Waals surface area contributed by atoms with Gasteiger partial charge in [-0.05, 0) is 24.1 Å². The Bertz CT molecular complexity index is 1380. The fourth-order valence-corrected chi connectivity index (χ4v) is 4.09. The highest BCUT2D eigenvalue weighted by Crippen LogP contribution is 2.31. The van der Waals surface area contributed by atoms with Crippen molar-refractivity contribution in [3.8, 4) is 5.75 Å². The molecule has 0 bridgehead atoms. The van der Waals surface area contributed by atoms with Crippen molar-refractivity contribution in [1.82, 2.24) is 9.88 Å². The Morgan fingerprint density at radius 1 is 1.18 bits per heavy atom. The zero-order valence-electron chi connectivity index (χ0n) is 17.7.